The molecule has 0 heterocycles. The van der Waals surface area contributed by atoms with Gasteiger partial charge in [0.1, 0.15) is 0 Å². The molecule has 0 aliphatic carbocycles. The molecule has 7 heavy (non-hydrogen) atoms. The highest BCUT2D eigenvalue weighted by Gasteiger charge is 2.03. The fourth-order valence-corrected chi connectivity index (χ4v) is 0.134. The van der Waals surface area contributed by atoms with E-state index in [0.717, 1.165) is 0 Å². The van der Waals surface area contributed by atoms with Crippen molar-refractivity contribution in [1.29, 1.82) is 5.26 Å². The molecule has 0 N–H and O–H groups in total. The Morgan fingerprint density at radius 2 is 2.14 bits per heavy atom. The Balaban J connectivity index is 3.92. The molecule has 40 valence electrons. The summed E-state index contributed by atoms with van der Waals surface area (Å²) in [6, 6.07) is 0. The minimum atomic E-state index is -5.04. The van der Waals surface area contributed by atoms with Crippen LogP contribution in [-0.4, -0.2) is 8.42 Å². The maximum absolute atomic E-state index is 10.9. The molecular weight excluding hydrogens is 125 g/mol. The van der Waals surface area contributed by atoms with Gasteiger partial charge in [0.05, 0.1) is 0 Å². The van der Waals surface area contributed by atoms with Crippen LogP contribution in [0.5, 0.6) is 0 Å². The summed E-state index contributed by atoms with van der Waals surface area (Å²) >= 11 is 0. The molecule has 0 aliphatic heterocycles. The van der Waals surface area contributed by atoms with Gasteiger partial charge in [-0.2, -0.15) is 8.42 Å². The average Bonchev–Trinajstić information content (AvgIpc) is 1.30. The lowest BCUT2D eigenvalue weighted by atomic mass is 11.6. The zero-order valence-corrected chi connectivity index (χ0v) is 3.77. The maximum atomic E-state index is 10.9. The van der Waals surface area contributed by atoms with Crippen molar-refractivity contribution in [3.05, 3.63) is 0 Å². The number of rotatable bonds is 1. The van der Waals surface area contributed by atoms with Gasteiger partial charge < -0.3 is 0 Å². The summed E-state index contributed by atoms with van der Waals surface area (Å²) in [7, 11) is -5.04. The van der Waals surface area contributed by atoms with Crippen molar-refractivity contribution in [2.24, 2.45) is 0 Å². The molecule has 0 fully saturated rings. The van der Waals surface area contributed by atoms with E-state index in [1.807, 2.05) is 0 Å². The van der Waals surface area contributed by atoms with Gasteiger partial charge in [-0.3, -0.25) is 4.18 Å². The summed E-state index contributed by atoms with van der Waals surface area (Å²) in [5.41, 5.74) is 0. The molecule has 0 unspecified atom stereocenters. The van der Waals surface area contributed by atoms with Crippen LogP contribution in [0.3, 0.4) is 0 Å². The monoisotopic (exact) mass is 125 g/mol. The second-order valence-electron chi connectivity index (χ2n) is 0.568. The van der Waals surface area contributed by atoms with Crippen molar-refractivity contribution in [3.63, 3.8) is 0 Å². The Labute approximate surface area is 39.5 Å². The van der Waals surface area contributed by atoms with E-state index in [1.54, 1.807) is 0 Å². The van der Waals surface area contributed by atoms with Crippen LogP contribution >= 0.6 is 0 Å². The van der Waals surface area contributed by atoms with Crippen LogP contribution in [0, 0.1) is 11.5 Å². The summed E-state index contributed by atoms with van der Waals surface area (Å²) in [6.45, 7) is 0. The fourth-order valence-electron chi connectivity index (χ4n) is 0.0445. The first-order chi connectivity index (χ1) is 3.06. The van der Waals surface area contributed by atoms with Gasteiger partial charge in [-0.15, -0.1) is 5.26 Å². The van der Waals surface area contributed by atoms with E-state index in [9.17, 15) is 3.89 Å². The third-order valence-electron chi connectivity index (χ3n) is 0.137. The largest absolute Gasteiger partial charge is 0.498 e. The summed E-state index contributed by atoms with van der Waals surface area (Å²) in [4.78, 5) is 0. The van der Waals surface area contributed by atoms with Crippen molar-refractivity contribution < 1.29 is 16.5 Å². The van der Waals surface area contributed by atoms with Crippen LogP contribution in [0.25, 0.3) is 0 Å². The SMILES string of the molecule is N#COS(=O)(=O)F. The first kappa shape index (κ1) is 6.17. The van der Waals surface area contributed by atoms with Gasteiger partial charge >= 0.3 is 16.8 Å². The van der Waals surface area contributed by atoms with Gasteiger partial charge in [0.2, 0.25) is 0 Å². The van der Waals surface area contributed by atoms with E-state index < -0.39 is 10.5 Å². The van der Waals surface area contributed by atoms with E-state index in [4.69, 9.17) is 13.7 Å². The van der Waals surface area contributed by atoms with Gasteiger partial charge in [0.25, 0.3) is 0 Å². The minimum Gasteiger partial charge on any atom is -0.277 e. The molecule has 0 saturated heterocycles. The molecule has 0 atom stereocenters. The predicted molar refractivity (Wildman–Crippen MR) is 16.7 cm³/mol. The molecule has 6 heteroatoms. The van der Waals surface area contributed by atoms with Crippen molar-refractivity contribution in [3.8, 4) is 6.26 Å². The van der Waals surface area contributed by atoms with E-state index in [2.05, 4.69) is 4.18 Å². The molecule has 0 radical (unpaired) electrons. The first-order valence-electron chi connectivity index (χ1n) is 1.08. The molecule has 0 aliphatic rings. The van der Waals surface area contributed by atoms with E-state index in [1.165, 1.54) is 0 Å². The number of hydrogen-bond donors (Lipinski definition) is 0. The zero-order valence-electron chi connectivity index (χ0n) is 2.96. The van der Waals surface area contributed by atoms with Crippen LogP contribution in [-0.2, 0) is 14.7 Å². The first-order valence-corrected chi connectivity index (χ1v) is 2.39. The highest BCUT2D eigenvalue weighted by molar-refractivity contribution is 7.81. The maximum Gasteiger partial charge on any atom is 0.498 e. The zero-order chi connectivity index (χ0) is 5.91. The van der Waals surface area contributed by atoms with Crippen molar-refractivity contribution >= 4 is 10.5 Å². The van der Waals surface area contributed by atoms with Gasteiger partial charge in [-0.05, 0) is 0 Å². The molecule has 0 rings (SSSR count). The van der Waals surface area contributed by atoms with Gasteiger partial charge in [0.15, 0.2) is 0 Å². The highest BCUT2D eigenvalue weighted by atomic mass is 32.3. The summed E-state index contributed by atoms with van der Waals surface area (Å²) in [5, 5.41) is 7.31. The van der Waals surface area contributed by atoms with Crippen molar-refractivity contribution in [1.82, 2.24) is 0 Å². The topological polar surface area (TPSA) is 67.2 Å². The normalized spacial score (nSPS) is 9.71. The van der Waals surface area contributed by atoms with Crippen LogP contribution in [0.15, 0.2) is 0 Å². The number of hydrogen-bond acceptors (Lipinski definition) is 4. The van der Waals surface area contributed by atoms with E-state index >= 15 is 0 Å². The van der Waals surface area contributed by atoms with Gasteiger partial charge in [0, 0.05) is 0 Å². The summed E-state index contributed by atoms with van der Waals surface area (Å²) in [5.74, 6) is 0. The molecular formula is CFNO3S. The second-order valence-corrected chi connectivity index (χ2v) is 1.52. The predicted octanol–water partition coefficient (Wildman–Crippen LogP) is -0.302. The molecule has 0 aromatic rings. The highest BCUT2D eigenvalue weighted by Crippen LogP contribution is 1.88. The van der Waals surface area contributed by atoms with Crippen molar-refractivity contribution in [2.75, 3.05) is 0 Å². The molecule has 4 nitrogen and oxygen atoms in total. The third-order valence-corrected chi connectivity index (χ3v) is 0.410. The number of nitriles is 1. The van der Waals surface area contributed by atoms with Crippen molar-refractivity contribution in [2.45, 2.75) is 0 Å². The minimum absolute atomic E-state index is 0.645. The Hall–Kier alpha value is -0.830. The Kier molecular flexibility index (Phi) is 1.54. The van der Waals surface area contributed by atoms with Crippen LogP contribution in [0.1, 0.15) is 0 Å². The van der Waals surface area contributed by atoms with E-state index in [-0.39, 0.29) is 0 Å². The lowest BCUT2D eigenvalue weighted by Crippen LogP contribution is -1.89. The fraction of sp³-hybridized carbons (Fsp3) is 0. The smallest absolute Gasteiger partial charge is 0.277 e. The molecule has 0 saturated carbocycles. The molecule has 0 amide bonds. The molecule has 0 spiro atoms. The molecule has 0 aromatic heterocycles. The number of halogens is 1. The van der Waals surface area contributed by atoms with Gasteiger partial charge in [-0.1, -0.05) is 3.89 Å². The average molecular weight is 125 g/mol. The lowest BCUT2D eigenvalue weighted by Gasteiger charge is -1.76. The quantitative estimate of drug-likeness (QED) is 0.356. The summed E-state index contributed by atoms with van der Waals surface area (Å²) < 4.78 is 32.0. The Morgan fingerprint density at radius 3 is 2.14 bits per heavy atom. The lowest BCUT2D eigenvalue weighted by molar-refractivity contribution is 0.416. The Morgan fingerprint density at radius 1 is 1.71 bits per heavy atom. The van der Waals surface area contributed by atoms with Crippen LogP contribution in [0.2, 0.25) is 0 Å². The van der Waals surface area contributed by atoms with E-state index in [0.29, 0.717) is 6.26 Å². The Bertz CT molecular complexity index is 176. The third kappa shape index (κ3) is 5.17. The number of nitrogens with zero attached hydrogens (tertiary/aromatic N) is 1. The van der Waals surface area contributed by atoms with Crippen LogP contribution < -0.4 is 0 Å². The van der Waals surface area contributed by atoms with Gasteiger partial charge in [-0.25, -0.2) is 0 Å². The second kappa shape index (κ2) is 1.75. The summed E-state index contributed by atoms with van der Waals surface area (Å²) in [6.07, 6.45) is 0.645. The van der Waals surface area contributed by atoms with Crippen LogP contribution in [0.4, 0.5) is 3.89 Å². The standard InChI is InChI=1S/CFNO3S/c2-7(4,5)6-1-3. The molecule has 0 bridgehead atoms. The molecule has 0 aromatic carbocycles.